The van der Waals surface area contributed by atoms with E-state index in [0.29, 0.717) is 14.8 Å². The quantitative estimate of drug-likeness (QED) is 0.747. The van der Waals surface area contributed by atoms with E-state index in [1.54, 1.807) is 13.0 Å². The molecule has 112 valence electrons. The number of hydrogen-bond donors (Lipinski definition) is 2. The Bertz CT molecular complexity index is 778. The van der Waals surface area contributed by atoms with Crippen LogP contribution in [0.5, 0.6) is 0 Å². The van der Waals surface area contributed by atoms with Crippen LogP contribution in [-0.4, -0.2) is 13.5 Å². The van der Waals surface area contributed by atoms with Gasteiger partial charge < -0.3 is 5.11 Å². The van der Waals surface area contributed by atoms with Crippen LogP contribution in [0.1, 0.15) is 11.1 Å². The lowest BCUT2D eigenvalue weighted by Crippen LogP contribution is -2.14. The second-order valence-corrected chi connectivity index (χ2v) is 7.32. The second-order valence-electron chi connectivity index (χ2n) is 4.48. The molecule has 0 aliphatic heterocycles. The molecule has 2 aromatic carbocycles. The van der Waals surface area contributed by atoms with Gasteiger partial charge in [0.2, 0.25) is 0 Å². The number of benzene rings is 2. The first kappa shape index (κ1) is 16.2. The highest BCUT2D eigenvalue weighted by Gasteiger charge is 2.17. The van der Waals surface area contributed by atoms with Crippen molar-refractivity contribution in [3.63, 3.8) is 0 Å². The predicted octanol–water partition coefficient (Wildman–Crippen LogP) is 3.03. The molecule has 2 rings (SSSR count). The minimum absolute atomic E-state index is 0.0530. The average Bonchev–Trinajstić information content (AvgIpc) is 2.42. The van der Waals surface area contributed by atoms with Gasteiger partial charge in [-0.1, -0.05) is 6.07 Å². The van der Waals surface area contributed by atoms with Crippen LogP contribution in [0, 0.1) is 16.3 Å². The van der Waals surface area contributed by atoms with Crippen LogP contribution < -0.4 is 4.72 Å². The Labute approximate surface area is 136 Å². The van der Waals surface area contributed by atoms with Crippen LogP contribution in [0.2, 0.25) is 0 Å². The van der Waals surface area contributed by atoms with E-state index in [-0.39, 0.29) is 11.5 Å². The second kappa shape index (κ2) is 6.29. The molecule has 4 nitrogen and oxygen atoms in total. The van der Waals surface area contributed by atoms with Gasteiger partial charge in [0.1, 0.15) is 5.82 Å². The fraction of sp³-hybridized carbons (Fsp3) is 0.143. The van der Waals surface area contributed by atoms with E-state index in [9.17, 15) is 17.9 Å². The van der Waals surface area contributed by atoms with E-state index in [2.05, 4.69) is 4.72 Å². The Kier molecular flexibility index (Phi) is 4.84. The van der Waals surface area contributed by atoms with E-state index in [1.807, 2.05) is 22.6 Å². The van der Waals surface area contributed by atoms with Gasteiger partial charge in [0.15, 0.2) is 0 Å². The molecule has 0 fully saturated rings. The van der Waals surface area contributed by atoms with Crippen molar-refractivity contribution in [2.24, 2.45) is 0 Å². The number of halogens is 2. The molecular weight excluding hydrogens is 408 g/mol. The summed E-state index contributed by atoms with van der Waals surface area (Å²) in [5.41, 5.74) is 1.67. The van der Waals surface area contributed by atoms with E-state index >= 15 is 0 Å². The van der Waals surface area contributed by atoms with Gasteiger partial charge in [-0.25, -0.2) is 12.8 Å². The molecule has 7 heteroatoms. The van der Waals surface area contributed by atoms with Gasteiger partial charge in [0.25, 0.3) is 10.0 Å². The zero-order valence-corrected chi connectivity index (χ0v) is 14.1. The minimum atomic E-state index is -3.79. The summed E-state index contributed by atoms with van der Waals surface area (Å²) in [7, 11) is -3.79. The van der Waals surface area contributed by atoms with Crippen molar-refractivity contribution in [2.45, 2.75) is 18.4 Å². The number of sulfonamides is 1. The third-order valence-electron chi connectivity index (χ3n) is 2.98. The van der Waals surface area contributed by atoms with Crippen molar-refractivity contribution in [3.8, 4) is 0 Å². The highest BCUT2D eigenvalue weighted by Crippen LogP contribution is 2.23. The lowest BCUT2D eigenvalue weighted by atomic mass is 10.1. The molecule has 0 aromatic heterocycles. The lowest BCUT2D eigenvalue weighted by molar-refractivity contribution is 0.281. The molecule has 0 amide bonds. The minimum Gasteiger partial charge on any atom is -0.392 e. The fourth-order valence-electron chi connectivity index (χ4n) is 1.76. The third-order valence-corrected chi connectivity index (χ3v) is 5.23. The molecule has 0 saturated heterocycles. The zero-order valence-electron chi connectivity index (χ0n) is 11.1. The smallest absolute Gasteiger partial charge is 0.261 e. The summed E-state index contributed by atoms with van der Waals surface area (Å²) in [5.74, 6) is -0.430. The number of anilines is 1. The largest absolute Gasteiger partial charge is 0.392 e. The maximum atomic E-state index is 13.0. The van der Waals surface area contributed by atoms with Crippen LogP contribution in [0.3, 0.4) is 0 Å². The molecule has 0 radical (unpaired) electrons. The van der Waals surface area contributed by atoms with Crippen molar-refractivity contribution in [1.29, 1.82) is 0 Å². The topological polar surface area (TPSA) is 66.4 Å². The molecule has 0 aliphatic carbocycles. The van der Waals surface area contributed by atoms with Gasteiger partial charge in [0, 0.05) is 3.57 Å². The van der Waals surface area contributed by atoms with E-state index in [0.717, 1.165) is 5.56 Å². The summed E-state index contributed by atoms with van der Waals surface area (Å²) < 4.78 is 40.6. The molecule has 2 N–H and O–H groups in total. The van der Waals surface area contributed by atoms with Gasteiger partial charge in [-0.2, -0.15) is 0 Å². The lowest BCUT2D eigenvalue weighted by Gasteiger charge is -2.11. The zero-order chi connectivity index (χ0) is 15.6. The van der Waals surface area contributed by atoms with Gasteiger partial charge in [0.05, 0.1) is 17.2 Å². The Morgan fingerprint density at radius 2 is 1.95 bits per heavy atom. The Balaban J connectivity index is 2.38. The molecule has 21 heavy (non-hydrogen) atoms. The van der Waals surface area contributed by atoms with E-state index in [1.165, 1.54) is 30.3 Å². The number of nitrogens with one attached hydrogen (secondary N) is 1. The van der Waals surface area contributed by atoms with E-state index < -0.39 is 15.8 Å². The van der Waals surface area contributed by atoms with Gasteiger partial charge in [-0.05, 0) is 71.0 Å². The van der Waals surface area contributed by atoms with Crippen LogP contribution in [0.25, 0.3) is 0 Å². The first-order valence-electron chi connectivity index (χ1n) is 6.02. The van der Waals surface area contributed by atoms with Crippen molar-refractivity contribution >= 4 is 38.3 Å². The SMILES string of the molecule is Cc1ccc(S(=O)(=O)Nc2ccc(F)cc2I)cc1CO. The molecule has 0 aliphatic rings. The maximum absolute atomic E-state index is 13.0. The molecule has 0 heterocycles. The number of rotatable bonds is 4. The maximum Gasteiger partial charge on any atom is 0.261 e. The molecule has 0 saturated carbocycles. The summed E-state index contributed by atoms with van der Waals surface area (Å²) in [6.45, 7) is 1.56. The van der Waals surface area contributed by atoms with Gasteiger partial charge >= 0.3 is 0 Å². The number of aliphatic hydroxyl groups excluding tert-OH is 1. The number of aliphatic hydroxyl groups is 1. The van der Waals surface area contributed by atoms with E-state index in [4.69, 9.17) is 0 Å². The number of aryl methyl sites for hydroxylation is 1. The summed E-state index contributed by atoms with van der Waals surface area (Å²) in [6.07, 6.45) is 0. The normalized spacial score (nSPS) is 11.4. The highest BCUT2D eigenvalue weighted by atomic mass is 127. The third kappa shape index (κ3) is 3.72. The van der Waals surface area contributed by atoms with Crippen LogP contribution in [0.4, 0.5) is 10.1 Å². The molecule has 0 bridgehead atoms. The molecule has 0 atom stereocenters. The Hall–Kier alpha value is -1.19. The van der Waals surface area contributed by atoms with Crippen molar-refractivity contribution < 1.29 is 17.9 Å². The Morgan fingerprint density at radius 1 is 1.24 bits per heavy atom. The number of hydrogen-bond acceptors (Lipinski definition) is 3. The Morgan fingerprint density at radius 3 is 2.57 bits per heavy atom. The van der Waals surface area contributed by atoms with Crippen LogP contribution in [0.15, 0.2) is 41.3 Å². The molecular formula is C14H13FINO3S. The predicted molar refractivity (Wildman–Crippen MR) is 87.0 cm³/mol. The summed E-state index contributed by atoms with van der Waals surface area (Å²) in [6, 6.07) is 8.33. The highest BCUT2D eigenvalue weighted by molar-refractivity contribution is 14.1. The standard InChI is InChI=1S/C14H13FINO3S/c1-9-2-4-12(6-10(9)8-18)21(19,20)17-14-5-3-11(15)7-13(14)16/h2-7,17-18H,8H2,1H3. The molecule has 0 spiro atoms. The summed E-state index contributed by atoms with van der Waals surface area (Å²) in [5, 5.41) is 9.21. The van der Waals surface area contributed by atoms with Gasteiger partial charge in [-0.3, -0.25) is 4.72 Å². The van der Waals surface area contributed by atoms with Crippen molar-refractivity contribution in [1.82, 2.24) is 0 Å². The summed E-state index contributed by atoms with van der Waals surface area (Å²) >= 11 is 1.86. The first-order chi connectivity index (χ1) is 9.83. The average molecular weight is 421 g/mol. The first-order valence-corrected chi connectivity index (χ1v) is 8.58. The van der Waals surface area contributed by atoms with Crippen molar-refractivity contribution in [3.05, 3.63) is 56.9 Å². The van der Waals surface area contributed by atoms with Crippen molar-refractivity contribution in [2.75, 3.05) is 4.72 Å². The van der Waals surface area contributed by atoms with Crippen LogP contribution >= 0.6 is 22.6 Å². The molecule has 0 unspecified atom stereocenters. The fourth-order valence-corrected chi connectivity index (χ4v) is 3.69. The monoisotopic (exact) mass is 421 g/mol. The van der Waals surface area contributed by atoms with Crippen LogP contribution in [-0.2, 0) is 16.6 Å². The van der Waals surface area contributed by atoms with Gasteiger partial charge in [-0.15, -0.1) is 0 Å². The molecule has 2 aromatic rings. The summed E-state index contributed by atoms with van der Waals surface area (Å²) in [4.78, 5) is 0.0530.